The van der Waals surface area contributed by atoms with E-state index >= 15 is 0 Å². The molecule has 0 aliphatic carbocycles. The molecule has 112 valence electrons. The monoisotopic (exact) mass is 361 g/mol. The summed E-state index contributed by atoms with van der Waals surface area (Å²) in [4.78, 5) is 23.7. The van der Waals surface area contributed by atoms with Gasteiger partial charge in [0.1, 0.15) is 13.2 Å². The lowest BCUT2D eigenvalue weighted by Crippen LogP contribution is -2.21. The van der Waals surface area contributed by atoms with Crippen LogP contribution in [0.4, 0.5) is 0 Å². The number of halogens is 1. The van der Waals surface area contributed by atoms with Crippen LogP contribution in [0.15, 0.2) is 62.2 Å². The molecule has 0 unspecified atom stereocenters. The number of carbonyl (C=O) groups is 1. The molecule has 0 N–H and O–H groups in total. The summed E-state index contributed by atoms with van der Waals surface area (Å²) in [5.74, 6) is -1.07. The van der Waals surface area contributed by atoms with Gasteiger partial charge in [0.15, 0.2) is 5.58 Å². The predicted molar refractivity (Wildman–Crippen MR) is 84.4 cm³/mol. The second kappa shape index (κ2) is 6.19. The van der Waals surface area contributed by atoms with Crippen molar-refractivity contribution < 1.29 is 13.9 Å². The van der Waals surface area contributed by atoms with E-state index in [1.807, 2.05) is 24.3 Å². The van der Waals surface area contributed by atoms with Crippen LogP contribution in [0.3, 0.4) is 0 Å². The van der Waals surface area contributed by atoms with Crippen LogP contribution in [-0.4, -0.2) is 10.5 Å². The zero-order valence-corrected chi connectivity index (χ0v) is 13.1. The van der Waals surface area contributed by atoms with Crippen LogP contribution >= 0.6 is 15.9 Å². The summed E-state index contributed by atoms with van der Waals surface area (Å²) in [5, 5.41) is 0. The van der Waals surface area contributed by atoms with Gasteiger partial charge in [0.2, 0.25) is 0 Å². The molecule has 5 nitrogen and oxygen atoms in total. The minimum atomic E-state index is -0.570. The number of oxazole rings is 1. The highest BCUT2D eigenvalue weighted by atomic mass is 79.9. The number of carbonyl (C=O) groups excluding carboxylic acids is 1. The third-order valence-corrected chi connectivity index (χ3v) is 3.98. The summed E-state index contributed by atoms with van der Waals surface area (Å²) < 4.78 is 12.4. The number of ether oxygens (including phenoxy) is 1. The molecule has 0 saturated carbocycles. The Morgan fingerprint density at radius 1 is 1.14 bits per heavy atom. The van der Waals surface area contributed by atoms with Crippen molar-refractivity contribution in [1.29, 1.82) is 0 Å². The molecule has 0 aliphatic heterocycles. The van der Waals surface area contributed by atoms with E-state index in [2.05, 4.69) is 15.9 Å². The Labute approximate surface area is 134 Å². The van der Waals surface area contributed by atoms with Crippen LogP contribution in [-0.2, 0) is 22.7 Å². The molecule has 0 bridgehead atoms. The summed E-state index contributed by atoms with van der Waals surface area (Å²) in [6.07, 6.45) is 0. The molecule has 3 aromatic rings. The molecule has 1 aromatic heterocycles. The predicted octanol–water partition coefficient (Wildman–Crippen LogP) is 3.10. The van der Waals surface area contributed by atoms with E-state index in [0.717, 1.165) is 10.0 Å². The molecule has 2 aromatic carbocycles. The van der Waals surface area contributed by atoms with Crippen molar-refractivity contribution in [2.24, 2.45) is 0 Å². The topological polar surface area (TPSA) is 61.4 Å². The lowest BCUT2D eigenvalue weighted by atomic mass is 10.2. The minimum Gasteiger partial charge on any atom is -0.459 e. The Kier molecular flexibility index (Phi) is 4.11. The van der Waals surface area contributed by atoms with Crippen molar-refractivity contribution in [1.82, 2.24) is 4.57 Å². The van der Waals surface area contributed by atoms with Crippen molar-refractivity contribution in [3.8, 4) is 0 Å². The molecule has 6 heteroatoms. The molecule has 3 rings (SSSR count). The van der Waals surface area contributed by atoms with E-state index in [1.165, 1.54) is 4.57 Å². The first-order chi connectivity index (χ1) is 10.6. The molecule has 1 heterocycles. The SMILES string of the molecule is O=C(Cn1c(=O)oc2ccccc21)OCc1ccccc1Br. The summed E-state index contributed by atoms with van der Waals surface area (Å²) in [5.41, 5.74) is 1.89. The zero-order chi connectivity index (χ0) is 15.5. The van der Waals surface area contributed by atoms with Gasteiger partial charge in [0.25, 0.3) is 0 Å². The molecule has 0 amide bonds. The van der Waals surface area contributed by atoms with Crippen LogP contribution in [0.1, 0.15) is 5.56 Å². The van der Waals surface area contributed by atoms with Gasteiger partial charge in [0, 0.05) is 10.0 Å². The molecule has 0 aliphatic rings. The Balaban J connectivity index is 1.73. The number of hydrogen-bond donors (Lipinski definition) is 0. The highest BCUT2D eigenvalue weighted by molar-refractivity contribution is 9.10. The first-order valence-electron chi connectivity index (χ1n) is 6.62. The van der Waals surface area contributed by atoms with Gasteiger partial charge in [-0.3, -0.25) is 9.36 Å². The highest BCUT2D eigenvalue weighted by Crippen LogP contribution is 2.17. The van der Waals surface area contributed by atoms with E-state index in [1.54, 1.807) is 24.3 Å². The number of benzene rings is 2. The fourth-order valence-corrected chi connectivity index (χ4v) is 2.51. The second-order valence-corrected chi connectivity index (χ2v) is 5.53. The lowest BCUT2D eigenvalue weighted by molar-refractivity contribution is -0.145. The van der Waals surface area contributed by atoms with Crippen LogP contribution in [0.25, 0.3) is 11.1 Å². The van der Waals surface area contributed by atoms with E-state index in [0.29, 0.717) is 11.1 Å². The fourth-order valence-electron chi connectivity index (χ4n) is 2.11. The number of fused-ring (bicyclic) bond motifs is 1. The number of rotatable bonds is 4. The largest absolute Gasteiger partial charge is 0.459 e. The van der Waals surface area contributed by atoms with Gasteiger partial charge in [-0.1, -0.05) is 46.3 Å². The average molecular weight is 362 g/mol. The highest BCUT2D eigenvalue weighted by Gasteiger charge is 2.13. The maximum Gasteiger partial charge on any atom is 0.420 e. The summed E-state index contributed by atoms with van der Waals surface area (Å²) in [6, 6.07) is 14.4. The van der Waals surface area contributed by atoms with Gasteiger partial charge in [0.05, 0.1) is 5.52 Å². The van der Waals surface area contributed by atoms with Gasteiger partial charge in [-0.25, -0.2) is 4.79 Å². The third-order valence-electron chi connectivity index (χ3n) is 3.21. The van der Waals surface area contributed by atoms with Gasteiger partial charge < -0.3 is 9.15 Å². The first-order valence-corrected chi connectivity index (χ1v) is 7.42. The second-order valence-electron chi connectivity index (χ2n) is 4.67. The van der Waals surface area contributed by atoms with Crippen LogP contribution in [0.5, 0.6) is 0 Å². The molecule has 0 spiro atoms. The number of nitrogens with zero attached hydrogens (tertiary/aromatic N) is 1. The molecule has 0 fully saturated rings. The third kappa shape index (κ3) is 2.96. The zero-order valence-electron chi connectivity index (χ0n) is 11.5. The smallest absolute Gasteiger partial charge is 0.420 e. The average Bonchev–Trinajstić information content (AvgIpc) is 2.83. The Morgan fingerprint density at radius 3 is 2.68 bits per heavy atom. The van der Waals surface area contributed by atoms with Gasteiger partial charge >= 0.3 is 11.7 Å². The van der Waals surface area contributed by atoms with Crippen molar-refractivity contribution in [3.05, 3.63) is 69.1 Å². The summed E-state index contributed by atoms with van der Waals surface area (Å²) in [6.45, 7) is -0.0366. The molecule has 22 heavy (non-hydrogen) atoms. The van der Waals surface area contributed by atoms with Crippen LogP contribution < -0.4 is 5.76 Å². The van der Waals surface area contributed by atoms with Crippen LogP contribution in [0.2, 0.25) is 0 Å². The maximum atomic E-state index is 12.0. The molecule has 0 atom stereocenters. The first kappa shape index (κ1) is 14.6. The molecule has 0 saturated heterocycles. The Bertz CT molecular complexity index is 881. The standard InChI is InChI=1S/C16H12BrNO4/c17-12-6-2-1-5-11(12)10-21-15(19)9-18-13-7-3-4-8-14(13)22-16(18)20/h1-8H,9-10H2. The van der Waals surface area contributed by atoms with Crippen molar-refractivity contribution >= 4 is 33.0 Å². The summed E-state index contributed by atoms with van der Waals surface area (Å²) >= 11 is 3.39. The minimum absolute atomic E-state index is 0.144. The fraction of sp³-hybridized carbons (Fsp3) is 0.125. The van der Waals surface area contributed by atoms with Crippen molar-refractivity contribution in [2.75, 3.05) is 0 Å². The van der Waals surface area contributed by atoms with Gasteiger partial charge in [-0.15, -0.1) is 0 Å². The number of hydrogen-bond acceptors (Lipinski definition) is 4. The van der Waals surface area contributed by atoms with Crippen molar-refractivity contribution in [2.45, 2.75) is 13.2 Å². The Hall–Kier alpha value is -2.34. The Morgan fingerprint density at radius 2 is 1.86 bits per heavy atom. The van der Waals surface area contributed by atoms with Crippen molar-refractivity contribution in [3.63, 3.8) is 0 Å². The van der Waals surface area contributed by atoms with Crippen LogP contribution in [0, 0.1) is 0 Å². The lowest BCUT2D eigenvalue weighted by Gasteiger charge is -2.07. The molecular weight excluding hydrogens is 350 g/mol. The normalized spacial score (nSPS) is 10.8. The van der Waals surface area contributed by atoms with E-state index < -0.39 is 11.7 Å². The number of aromatic nitrogens is 1. The number of esters is 1. The van der Waals surface area contributed by atoms with E-state index in [-0.39, 0.29) is 13.2 Å². The van der Waals surface area contributed by atoms with Gasteiger partial charge in [-0.2, -0.15) is 0 Å². The molecular formula is C16H12BrNO4. The maximum absolute atomic E-state index is 12.0. The quantitative estimate of drug-likeness (QED) is 0.670. The van der Waals surface area contributed by atoms with E-state index in [9.17, 15) is 9.59 Å². The van der Waals surface area contributed by atoms with Gasteiger partial charge in [-0.05, 0) is 18.2 Å². The van der Waals surface area contributed by atoms with E-state index in [4.69, 9.17) is 9.15 Å². The summed E-state index contributed by atoms with van der Waals surface area (Å²) in [7, 11) is 0. The molecule has 0 radical (unpaired) electrons. The number of para-hydroxylation sites is 2.